The lowest BCUT2D eigenvalue weighted by Crippen LogP contribution is -2.12. The van der Waals surface area contributed by atoms with Crippen molar-refractivity contribution in [3.63, 3.8) is 0 Å². The van der Waals surface area contributed by atoms with Gasteiger partial charge in [0.15, 0.2) is 29.0 Å². The Morgan fingerprint density at radius 3 is 2.00 bits per heavy atom. The van der Waals surface area contributed by atoms with Crippen molar-refractivity contribution in [2.24, 2.45) is 5.73 Å². The molecule has 0 unspecified atom stereocenters. The van der Waals surface area contributed by atoms with Crippen molar-refractivity contribution in [1.82, 2.24) is 0 Å². The first-order valence-corrected chi connectivity index (χ1v) is 5.35. The van der Waals surface area contributed by atoms with E-state index in [0.717, 1.165) is 24.3 Å². The second-order valence-electron chi connectivity index (χ2n) is 3.86. The van der Waals surface area contributed by atoms with Gasteiger partial charge in [-0.25, -0.2) is 17.6 Å². The second-order valence-corrected chi connectivity index (χ2v) is 3.86. The highest BCUT2D eigenvalue weighted by molar-refractivity contribution is 5.95. The standard InChI is InChI=1S/C13H8F4N2O/c14-8-2-1-7(5-9(8)15)20-12-10(16)3-6(13(18)19)4-11(12)17/h1-5H,(H3,18,19). The molecule has 7 heteroatoms. The summed E-state index contributed by atoms with van der Waals surface area (Å²) in [6, 6.07) is 4.06. The minimum atomic E-state index is -1.20. The Kier molecular flexibility index (Phi) is 3.60. The molecule has 0 radical (unpaired) electrons. The zero-order chi connectivity index (χ0) is 14.9. The molecule has 0 bridgehead atoms. The predicted molar refractivity (Wildman–Crippen MR) is 63.8 cm³/mol. The monoisotopic (exact) mass is 284 g/mol. The van der Waals surface area contributed by atoms with Crippen LogP contribution >= 0.6 is 0 Å². The van der Waals surface area contributed by atoms with Crippen molar-refractivity contribution in [3.8, 4) is 11.5 Å². The van der Waals surface area contributed by atoms with Gasteiger partial charge in [-0.1, -0.05) is 0 Å². The summed E-state index contributed by atoms with van der Waals surface area (Å²) < 4.78 is 57.8. The summed E-state index contributed by atoms with van der Waals surface area (Å²) in [5.41, 5.74) is 4.95. The van der Waals surface area contributed by atoms with Crippen molar-refractivity contribution in [2.45, 2.75) is 0 Å². The number of halogens is 4. The summed E-state index contributed by atoms with van der Waals surface area (Å²) in [4.78, 5) is 0. The summed E-state index contributed by atoms with van der Waals surface area (Å²) in [7, 11) is 0. The lowest BCUT2D eigenvalue weighted by molar-refractivity contribution is 0.402. The van der Waals surface area contributed by atoms with Crippen molar-refractivity contribution < 1.29 is 22.3 Å². The highest BCUT2D eigenvalue weighted by atomic mass is 19.2. The van der Waals surface area contributed by atoms with Gasteiger partial charge in [0.1, 0.15) is 11.6 Å². The van der Waals surface area contributed by atoms with E-state index in [2.05, 4.69) is 0 Å². The van der Waals surface area contributed by atoms with Gasteiger partial charge in [0.25, 0.3) is 0 Å². The molecular formula is C13H8F4N2O. The fourth-order valence-corrected chi connectivity index (χ4v) is 1.47. The van der Waals surface area contributed by atoms with E-state index in [-0.39, 0.29) is 11.3 Å². The molecule has 0 aliphatic rings. The van der Waals surface area contributed by atoms with Crippen molar-refractivity contribution >= 4 is 5.84 Å². The molecule has 3 N–H and O–H groups in total. The van der Waals surface area contributed by atoms with E-state index in [4.69, 9.17) is 15.9 Å². The van der Waals surface area contributed by atoms with Crippen LogP contribution in [0.3, 0.4) is 0 Å². The van der Waals surface area contributed by atoms with Crippen LogP contribution in [0, 0.1) is 28.7 Å². The van der Waals surface area contributed by atoms with Crippen LogP contribution in [-0.4, -0.2) is 5.84 Å². The molecule has 3 nitrogen and oxygen atoms in total. The molecule has 0 atom stereocenters. The Hall–Kier alpha value is -2.57. The van der Waals surface area contributed by atoms with Gasteiger partial charge in [-0.2, -0.15) is 0 Å². The van der Waals surface area contributed by atoms with Crippen LogP contribution in [0.15, 0.2) is 30.3 Å². The van der Waals surface area contributed by atoms with Crippen LogP contribution in [0.1, 0.15) is 5.56 Å². The minimum Gasteiger partial charge on any atom is -0.451 e. The predicted octanol–water partition coefficient (Wildman–Crippen LogP) is 3.32. The molecule has 0 heterocycles. The number of ether oxygens (including phenoxy) is 1. The highest BCUT2D eigenvalue weighted by Crippen LogP contribution is 2.29. The maximum Gasteiger partial charge on any atom is 0.198 e. The van der Waals surface area contributed by atoms with Gasteiger partial charge in [-0.15, -0.1) is 0 Å². The molecule has 0 saturated carbocycles. The molecule has 2 aromatic carbocycles. The molecule has 0 spiro atoms. The molecule has 0 aliphatic carbocycles. The summed E-state index contributed by atoms with van der Waals surface area (Å²) in [6.07, 6.45) is 0. The van der Waals surface area contributed by atoms with Gasteiger partial charge < -0.3 is 10.5 Å². The first-order chi connectivity index (χ1) is 9.38. The molecule has 0 aromatic heterocycles. The van der Waals surface area contributed by atoms with Crippen molar-refractivity contribution in [1.29, 1.82) is 5.41 Å². The largest absolute Gasteiger partial charge is 0.451 e. The van der Waals surface area contributed by atoms with Crippen molar-refractivity contribution in [3.05, 3.63) is 59.2 Å². The topological polar surface area (TPSA) is 59.1 Å². The van der Waals surface area contributed by atoms with Crippen LogP contribution < -0.4 is 10.5 Å². The molecule has 104 valence electrons. The van der Waals surface area contributed by atoms with E-state index >= 15 is 0 Å². The first kappa shape index (κ1) is 13.9. The number of hydrogen-bond acceptors (Lipinski definition) is 2. The van der Waals surface area contributed by atoms with E-state index in [1.165, 1.54) is 0 Å². The lowest BCUT2D eigenvalue weighted by Gasteiger charge is -2.09. The molecule has 0 amide bonds. The normalized spacial score (nSPS) is 10.4. The molecule has 0 saturated heterocycles. The number of rotatable bonds is 3. The van der Waals surface area contributed by atoms with E-state index in [1.807, 2.05) is 0 Å². The summed E-state index contributed by atoms with van der Waals surface area (Å²) in [5, 5.41) is 7.08. The highest BCUT2D eigenvalue weighted by Gasteiger charge is 2.15. The minimum absolute atomic E-state index is 0.155. The van der Waals surface area contributed by atoms with Crippen LogP contribution in [-0.2, 0) is 0 Å². The fourth-order valence-electron chi connectivity index (χ4n) is 1.47. The number of nitrogen functional groups attached to an aromatic ring is 1. The quantitative estimate of drug-likeness (QED) is 0.516. The summed E-state index contributed by atoms with van der Waals surface area (Å²) in [5.74, 6) is -6.10. The van der Waals surface area contributed by atoms with E-state index in [9.17, 15) is 17.6 Å². The lowest BCUT2D eigenvalue weighted by atomic mass is 10.2. The van der Waals surface area contributed by atoms with Crippen molar-refractivity contribution in [2.75, 3.05) is 0 Å². The second kappa shape index (κ2) is 5.20. The number of nitrogens with two attached hydrogens (primary N) is 1. The van der Waals surface area contributed by atoms with Crippen LogP contribution in [0.5, 0.6) is 11.5 Å². The third-order valence-corrected chi connectivity index (χ3v) is 2.42. The molecule has 0 fully saturated rings. The smallest absolute Gasteiger partial charge is 0.198 e. The molecular weight excluding hydrogens is 276 g/mol. The number of benzene rings is 2. The average Bonchev–Trinajstić information content (AvgIpc) is 2.37. The fraction of sp³-hybridized carbons (Fsp3) is 0. The van der Waals surface area contributed by atoms with Gasteiger partial charge >= 0.3 is 0 Å². The SMILES string of the molecule is N=C(N)c1cc(F)c(Oc2ccc(F)c(F)c2)c(F)c1. The maximum atomic E-state index is 13.7. The Labute approximate surface area is 111 Å². The van der Waals surface area contributed by atoms with E-state index < -0.39 is 34.9 Å². The summed E-state index contributed by atoms with van der Waals surface area (Å²) >= 11 is 0. The van der Waals surface area contributed by atoms with Crippen LogP contribution in [0.25, 0.3) is 0 Å². The molecule has 2 aromatic rings. The molecule has 20 heavy (non-hydrogen) atoms. The van der Waals surface area contributed by atoms with Gasteiger partial charge in [0.2, 0.25) is 0 Å². The van der Waals surface area contributed by atoms with Crippen LogP contribution in [0.4, 0.5) is 17.6 Å². The Morgan fingerprint density at radius 1 is 0.900 bits per heavy atom. The van der Waals surface area contributed by atoms with Gasteiger partial charge in [0.05, 0.1) is 0 Å². The average molecular weight is 284 g/mol. The number of amidine groups is 1. The molecule has 2 rings (SSSR count). The van der Waals surface area contributed by atoms with Gasteiger partial charge in [-0.05, 0) is 24.3 Å². The van der Waals surface area contributed by atoms with Gasteiger partial charge in [-0.3, -0.25) is 5.41 Å². The number of nitrogens with one attached hydrogen (secondary N) is 1. The zero-order valence-electron chi connectivity index (χ0n) is 9.88. The number of hydrogen-bond donors (Lipinski definition) is 2. The van der Waals surface area contributed by atoms with E-state index in [1.54, 1.807) is 0 Å². The first-order valence-electron chi connectivity index (χ1n) is 5.35. The van der Waals surface area contributed by atoms with Gasteiger partial charge in [0, 0.05) is 11.6 Å². The maximum absolute atomic E-state index is 13.7. The third kappa shape index (κ3) is 2.71. The Morgan fingerprint density at radius 2 is 1.50 bits per heavy atom. The van der Waals surface area contributed by atoms with E-state index in [0.29, 0.717) is 6.07 Å². The third-order valence-electron chi connectivity index (χ3n) is 2.42. The Bertz CT molecular complexity index is 665. The zero-order valence-corrected chi connectivity index (χ0v) is 9.88. The Balaban J connectivity index is 2.38. The van der Waals surface area contributed by atoms with Crippen LogP contribution in [0.2, 0.25) is 0 Å². The molecule has 0 aliphatic heterocycles. The summed E-state index contributed by atoms with van der Waals surface area (Å²) in [6.45, 7) is 0.